The van der Waals surface area contributed by atoms with Crippen molar-refractivity contribution in [2.24, 2.45) is 10.9 Å². The Hall–Kier alpha value is -1.35. The van der Waals surface area contributed by atoms with Crippen LogP contribution in [0.1, 0.15) is 18.9 Å². The van der Waals surface area contributed by atoms with Gasteiger partial charge in [0, 0.05) is 39.2 Å². The maximum atomic E-state index is 12.0. The highest BCUT2D eigenvalue weighted by atomic mass is 127. The van der Waals surface area contributed by atoms with Crippen molar-refractivity contribution in [3.63, 3.8) is 0 Å². The van der Waals surface area contributed by atoms with Gasteiger partial charge in [-0.1, -0.05) is 30.3 Å². The Morgan fingerprint density at radius 3 is 2.77 bits per heavy atom. The number of likely N-dealkylation sites (tertiary alicyclic amines) is 1. The Bertz CT molecular complexity index is 554. The predicted octanol–water partition coefficient (Wildman–Crippen LogP) is 1.90. The van der Waals surface area contributed by atoms with E-state index < -0.39 is 0 Å². The average molecular weight is 474 g/mol. The van der Waals surface area contributed by atoms with Crippen LogP contribution in [-0.4, -0.2) is 63.2 Å². The fraction of sp³-hybridized carbons (Fsp3) is 0.579. The first kappa shape index (κ1) is 22.7. The molecule has 1 fully saturated rings. The first-order valence-corrected chi connectivity index (χ1v) is 9.05. The fourth-order valence-electron chi connectivity index (χ4n) is 3.02. The summed E-state index contributed by atoms with van der Waals surface area (Å²) in [7, 11) is 1.74. The summed E-state index contributed by atoms with van der Waals surface area (Å²) in [6.45, 7) is 6.27. The Labute approximate surface area is 173 Å². The molecule has 0 radical (unpaired) electrons. The zero-order valence-electron chi connectivity index (χ0n) is 15.7. The van der Waals surface area contributed by atoms with E-state index in [9.17, 15) is 4.79 Å². The molecule has 1 unspecified atom stereocenters. The number of benzene rings is 1. The lowest BCUT2D eigenvalue weighted by Gasteiger charge is -2.21. The lowest BCUT2D eigenvalue weighted by Crippen LogP contribution is -2.41. The van der Waals surface area contributed by atoms with Crippen molar-refractivity contribution in [1.82, 2.24) is 15.5 Å². The second-order valence-corrected chi connectivity index (χ2v) is 6.31. The fourth-order valence-corrected chi connectivity index (χ4v) is 3.02. The van der Waals surface area contributed by atoms with Crippen LogP contribution in [0, 0.1) is 5.92 Å². The third-order valence-corrected chi connectivity index (χ3v) is 4.27. The number of hydrogen-bond acceptors (Lipinski definition) is 3. The number of aliphatic imine (C=N–C) groups is 1. The standard InChI is InChI=1S/C19H30N4O2.HI/c1-3-20-19(23-12-10-17(14-23)15-25-2)22-13-18(24)21-11-9-16-7-5-4-6-8-16;/h4-8,17H,3,9-15H2,1-2H3,(H,20,22)(H,21,24);1H. The van der Waals surface area contributed by atoms with Crippen molar-refractivity contribution in [2.45, 2.75) is 19.8 Å². The van der Waals surface area contributed by atoms with E-state index in [1.807, 2.05) is 25.1 Å². The highest BCUT2D eigenvalue weighted by Crippen LogP contribution is 2.16. The molecule has 1 aromatic carbocycles. The smallest absolute Gasteiger partial charge is 0.241 e. The van der Waals surface area contributed by atoms with Crippen molar-refractivity contribution >= 4 is 35.8 Å². The van der Waals surface area contributed by atoms with Gasteiger partial charge in [-0.25, -0.2) is 4.99 Å². The van der Waals surface area contributed by atoms with Gasteiger partial charge < -0.3 is 20.3 Å². The molecule has 0 aromatic heterocycles. The van der Waals surface area contributed by atoms with E-state index in [-0.39, 0.29) is 36.4 Å². The second kappa shape index (κ2) is 12.9. The summed E-state index contributed by atoms with van der Waals surface area (Å²) >= 11 is 0. The van der Waals surface area contributed by atoms with Crippen molar-refractivity contribution < 1.29 is 9.53 Å². The normalized spacial score (nSPS) is 16.9. The van der Waals surface area contributed by atoms with Crippen molar-refractivity contribution in [2.75, 3.05) is 46.4 Å². The quantitative estimate of drug-likeness (QED) is 0.343. The van der Waals surface area contributed by atoms with Gasteiger partial charge in [0.15, 0.2) is 5.96 Å². The molecule has 1 aliphatic rings. The first-order valence-electron chi connectivity index (χ1n) is 9.05. The Kier molecular flexibility index (Phi) is 11.3. The molecule has 1 amide bonds. The van der Waals surface area contributed by atoms with Gasteiger partial charge in [0.1, 0.15) is 6.54 Å². The topological polar surface area (TPSA) is 66.0 Å². The van der Waals surface area contributed by atoms with E-state index in [1.54, 1.807) is 7.11 Å². The van der Waals surface area contributed by atoms with Crippen LogP contribution < -0.4 is 10.6 Å². The molecule has 2 N–H and O–H groups in total. The summed E-state index contributed by atoms with van der Waals surface area (Å²) < 4.78 is 5.24. The van der Waals surface area contributed by atoms with Gasteiger partial charge in [-0.15, -0.1) is 24.0 Å². The summed E-state index contributed by atoms with van der Waals surface area (Å²) in [6.07, 6.45) is 1.93. The van der Waals surface area contributed by atoms with Crippen molar-refractivity contribution in [1.29, 1.82) is 0 Å². The number of carbonyl (C=O) groups is 1. The number of carbonyl (C=O) groups excluding carboxylic acids is 1. The molecule has 0 bridgehead atoms. The van der Waals surface area contributed by atoms with Crippen molar-refractivity contribution in [3.8, 4) is 0 Å². The molecule has 1 saturated heterocycles. The molecule has 1 aromatic rings. The van der Waals surface area contributed by atoms with Crippen LogP contribution in [0.5, 0.6) is 0 Å². The summed E-state index contributed by atoms with van der Waals surface area (Å²) in [4.78, 5) is 18.7. The molecule has 1 aliphatic heterocycles. The van der Waals surface area contributed by atoms with Gasteiger partial charge in [-0.05, 0) is 25.3 Å². The van der Waals surface area contributed by atoms with Crippen LogP contribution in [0.15, 0.2) is 35.3 Å². The minimum Gasteiger partial charge on any atom is -0.384 e. The van der Waals surface area contributed by atoms with E-state index in [2.05, 4.69) is 32.7 Å². The van der Waals surface area contributed by atoms with Gasteiger partial charge in [0.25, 0.3) is 0 Å². The third-order valence-electron chi connectivity index (χ3n) is 4.27. The Morgan fingerprint density at radius 1 is 1.31 bits per heavy atom. The third kappa shape index (κ3) is 7.90. The predicted molar refractivity (Wildman–Crippen MR) is 116 cm³/mol. The highest BCUT2D eigenvalue weighted by molar-refractivity contribution is 14.0. The lowest BCUT2D eigenvalue weighted by atomic mass is 10.1. The summed E-state index contributed by atoms with van der Waals surface area (Å²) in [5.41, 5.74) is 1.22. The molecule has 1 heterocycles. The monoisotopic (exact) mass is 474 g/mol. The lowest BCUT2D eigenvalue weighted by molar-refractivity contribution is -0.119. The number of ether oxygens (including phenoxy) is 1. The number of halogens is 1. The van der Waals surface area contributed by atoms with Crippen LogP contribution in [-0.2, 0) is 16.0 Å². The highest BCUT2D eigenvalue weighted by Gasteiger charge is 2.24. The summed E-state index contributed by atoms with van der Waals surface area (Å²) in [6, 6.07) is 10.2. The second-order valence-electron chi connectivity index (χ2n) is 6.31. The van der Waals surface area contributed by atoms with Crippen LogP contribution in [0.25, 0.3) is 0 Å². The molecule has 6 nitrogen and oxygen atoms in total. The molecule has 7 heteroatoms. The largest absolute Gasteiger partial charge is 0.384 e. The number of hydrogen-bond donors (Lipinski definition) is 2. The number of nitrogens with zero attached hydrogens (tertiary/aromatic N) is 2. The number of rotatable bonds is 8. The Balaban J connectivity index is 0.00000338. The molecule has 2 rings (SSSR count). The molecule has 0 aliphatic carbocycles. The molecule has 146 valence electrons. The number of amides is 1. The minimum atomic E-state index is -0.0426. The number of methoxy groups -OCH3 is 1. The number of guanidine groups is 1. The molecule has 0 saturated carbocycles. The average Bonchev–Trinajstić information content (AvgIpc) is 3.08. The van der Waals surface area contributed by atoms with Gasteiger partial charge >= 0.3 is 0 Å². The van der Waals surface area contributed by atoms with E-state index in [0.717, 1.165) is 45.0 Å². The van der Waals surface area contributed by atoms with Crippen LogP contribution >= 0.6 is 24.0 Å². The van der Waals surface area contributed by atoms with Gasteiger partial charge in [0.05, 0.1) is 6.61 Å². The molecule has 1 atom stereocenters. The zero-order valence-corrected chi connectivity index (χ0v) is 18.1. The molecular formula is C19H31IN4O2. The van der Waals surface area contributed by atoms with E-state index >= 15 is 0 Å². The summed E-state index contributed by atoms with van der Waals surface area (Å²) in [5.74, 6) is 1.31. The molecule has 0 spiro atoms. The van der Waals surface area contributed by atoms with Gasteiger partial charge in [-0.2, -0.15) is 0 Å². The molecule has 26 heavy (non-hydrogen) atoms. The van der Waals surface area contributed by atoms with Gasteiger partial charge in [0.2, 0.25) is 5.91 Å². The maximum absolute atomic E-state index is 12.0. The SMILES string of the molecule is CCNC(=NCC(=O)NCCc1ccccc1)N1CCC(COC)C1.I. The Morgan fingerprint density at radius 2 is 2.08 bits per heavy atom. The van der Waals surface area contributed by atoms with Gasteiger partial charge in [-0.3, -0.25) is 4.79 Å². The van der Waals surface area contributed by atoms with Crippen LogP contribution in [0.4, 0.5) is 0 Å². The number of nitrogens with one attached hydrogen (secondary N) is 2. The van der Waals surface area contributed by atoms with E-state index in [1.165, 1.54) is 5.56 Å². The first-order chi connectivity index (χ1) is 12.2. The van der Waals surface area contributed by atoms with Crippen LogP contribution in [0.2, 0.25) is 0 Å². The van der Waals surface area contributed by atoms with Crippen molar-refractivity contribution in [3.05, 3.63) is 35.9 Å². The van der Waals surface area contributed by atoms with E-state index in [4.69, 9.17) is 4.74 Å². The maximum Gasteiger partial charge on any atom is 0.241 e. The molecular weight excluding hydrogens is 443 g/mol. The van der Waals surface area contributed by atoms with Crippen LogP contribution in [0.3, 0.4) is 0 Å². The summed E-state index contributed by atoms with van der Waals surface area (Å²) in [5, 5.41) is 6.22. The zero-order chi connectivity index (χ0) is 17.9. The van der Waals surface area contributed by atoms with E-state index in [0.29, 0.717) is 12.5 Å². The minimum absolute atomic E-state index is 0.